The average Bonchev–Trinajstić information content (AvgIpc) is 2.30. The maximum atomic E-state index is 3.39. The van der Waals surface area contributed by atoms with Crippen molar-refractivity contribution in [2.45, 2.75) is 19.8 Å². The summed E-state index contributed by atoms with van der Waals surface area (Å²) in [5.74, 6) is 0.722. The Morgan fingerprint density at radius 2 is 2.07 bits per heavy atom. The van der Waals surface area contributed by atoms with Crippen molar-refractivity contribution in [2.24, 2.45) is 5.92 Å². The lowest BCUT2D eigenvalue weighted by molar-refractivity contribution is 0.522. The molecule has 0 bridgehead atoms. The standard InChI is InChI=1S/C14H19N/c1-12-4-6-13(7-5-12)8-9-14-3-2-10-15-11-14/h2-7,14-15H,8-11H2,1H3. The second-order valence-electron chi connectivity index (χ2n) is 4.37. The number of aryl methyl sites for hydroxylation is 2. The molecule has 0 amide bonds. The summed E-state index contributed by atoms with van der Waals surface area (Å²) in [5.41, 5.74) is 2.80. The zero-order valence-electron chi connectivity index (χ0n) is 9.37. The maximum Gasteiger partial charge on any atom is 0.0135 e. The van der Waals surface area contributed by atoms with E-state index in [9.17, 15) is 0 Å². The van der Waals surface area contributed by atoms with Gasteiger partial charge in [-0.25, -0.2) is 0 Å². The fourth-order valence-electron chi connectivity index (χ4n) is 1.99. The third-order valence-corrected chi connectivity index (χ3v) is 3.00. The molecular formula is C14H19N. The van der Waals surface area contributed by atoms with Gasteiger partial charge < -0.3 is 5.32 Å². The molecule has 0 fully saturated rings. The van der Waals surface area contributed by atoms with Gasteiger partial charge in [0.1, 0.15) is 0 Å². The van der Waals surface area contributed by atoms with E-state index in [4.69, 9.17) is 0 Å². The van der Waals surface area contributed by atoms with Crippen LogP contribution in [0, 0.1) is 12.8 Å². The first-order valence-corrected chi connectivity index (χ1v) is 5.77. The van der Waals surface area contributed by atoms with Crippen molar-refractivity contribution in [1.82, 2.24) is 5.32 Å². The number of benzene rings is 1. The van der Waals surface area contributed by atoms with E-state index in [0.717, 1.165) is 19.0 Å². The van der Waals surface area contributed by atoms with Crippen molar-refractivity contribution in [2.75, 3.05) is 13.1 Å². The number of hydrogen-bond acceptors (Lipinski definition) is 1. The summed E-state index contributed by atoms with van der Waals surface area (Å²) < 4.78 is 0. The molecule has 1 aliphatic heterocycles. The molecule has 0 saturated carbocycles. The number of rotatable bonds is 3. The van der Waals surface area contributed by atoms with Crippen LogP contribution in [0.25, 0.3) is 0 Å². The fraction of sp³-hybridized carbons (Fsp3) is 0.429. The van der Waals surface area contributed by atoms with Gasteiger partial charge in [0.2, 0.25) is 0 Å². The van der Waals surface area contributed by atoms with Gasteiger partial charge in [0.15, 0.2) is 0 Å². The highest BCUT2D eigenvalue weighted by Gasteiger charge is 2.07. The Bertz CT molecular complexity index is 324. The van der Waals surface area contributed by atoms with E-state index >= 15 is 0 Å². The third-order valence-electron chi connectivity index (χ3n) is 3.00. The molecule has 1 N–H and O–H groups in total. The normalized spacial score (nSPS) is 20.5. The molecule has 0 aromatic heterocycles. The summed E-state index contributed by atoms with van der Waals surface area (Å²) in [7, 11) is 0. The molecule has 1 unspecified atom stereocenters. The van der Waals surface area contributed by atoms with E-state index in [2.05, 4.69) is 48.7 Å². The van der Waals surface area contributed by atoms with Crippen LogP contribution in [0.15, 0.2) is 36.4 Å². The molecule has 1 aromatic carbocycles. The Morgan fingerprint density at radius 3 is 2.73 bits per heavy atom. The molecular weight excluding hydrogens is 182 g/mol. The van der Waals surface area contributed by atoms with Gasteiger partial charge in [-0.2, -0.15) is 0 Å². The molecule has 0 aliphatic carbocycles. The SMILES string of the molecule is Cc1ccc(CCC2C=CCNC2)cc1. The van der Waals surface area contributed by atoms with Crippen molar-refractivity contribution in [3.63, 3.8) is 0 Å². The van der Waals surface area contributed by atoms with Crippen LogP contribution in [0.2, 0.25) is 0 Å². The van der Waals surface area contributed by atoms with Gasteiger partial charge >= 0.3 is 0 Å². The molecule has 80 valence electrons. The Morgan fingerprint density at radius 1 is 1.27 bits per heavy atom. The number of nitrogens with one attached hydrogen (secondary N) is 1. The Hall–Kier alpha value is -1.08. The topological polar surface area (TPSA) is 12.0 Å². The number of hydrogen-bond donors (Lipinski definition) is 1. The van der Waals surface area contributed by atoms with E-state index in [-0.39, 0.29) is 0 Å². The van der Waals surface area contributed by atoms with Crippen LogP contribution in [0.3, 0.4) is 0 Å². The van der Waals surface area contributed by atoms with Crippen LogP contribution in [0.4, 0.5) is 0 Å². The lowest BCUT2D eigenvalue weighted by Crippen LogP contribution is -2.26. The minimum absolute atomic E-state index is 0.722. The molecule has 2 rings (SSSR count). The van der Waals surface area contributed by atoms with Crippen molar-refractivity contribution >= 4 is 0 Å². The Kier molecular flexibility index (Phi) is 3.57. The van der Waals surface area contributed by atoms with Gasteiger partial charge in [0, 0.05) is 13.1 Å². The quantitative estimate of drug-likeness (QED) is 0.741. The van der Waals surface area contributed by atoms with Gasteiger partial charge in [-0.15, -0.1) is 0 Å². The summed E-state index contributed by atoms with van der Waals surface area (Å²) in [5, 5.41) is 3.39. The van der Waals surface area contributed by atoms with Crippen molar-refractivity contribution in [1.29, 1.82) is 0 Å². The van der Waals surface area contributed by atoms with Crippen molar-refractivity contribution in [3.05, 3.63) is 47.5 Å². The van der Waals surface area contributed by atoms with Crippen LogP contribution < -0.4 is 5.32 Å². The van der Waals surface area contributed by atoms with E-state index in [1.807, 2.05) is 0 Å². The summed E-state index contributed by atoms with van der Waals surface area (Å²) in [6.07, 6.45) is 7.04. The van der Waals surface area contributed by atoms with Crippen molar-refractivity contribution < 1.29 is 0 Å². The molecule has 1 nitrogen and oxygen atoms in total. The van der Waals surface area contributed by atoms with E-state index in [0.29, 0.717) is 0 Å². The van der Waals surface area contributed by atoms with Gasteiger partial charge in [-0.05, 0) is 31.2 Å². The van der Waals surface area contributed by atoms with Crippen LogP contribution in [-0.2, 0) is 6.42 Å². The average molecular weight is 201 g/mol. The minimum atomic E-state index is 0.722. The summed E-state index contributed by atoms with van der Waals surface area (Å²) in [4.78, 5) is 0. The molecule has 1 heterocycles. The van der Waals surface area contributed by atoms with E-state index in [1.165, 1.54) is 24.0 Å². The lowest BCUT2D eigenvalue weighted by atomic mass is 9.97. The predicted molar refractivity (Wildman–Crippen MR) is 65.0 cm³/mol. The summed E-state index contributed by atoms with van der Waals surface area (Å²) in [6.45, 7) is 4.32. The minimum Gasteiger partial charge on any atom is -0.313 e. The largest absolute Gasteiger partial charge is 0.313 e. The lowest BCUT2D eigenvalue weighted by Gasteiger charge is -2.17. The molecule has 0 radical (unpaired) electrons. The Balaban J connectivity index is 1.84. The predicted octanol–water partition coefficient (Wildman–Crippen LogP) is 2.70. The maximum absolute atomic E-state index is 3.39. The van der Waals surface area contributed by atoms with Gasteiger partial charge in [-0.3, -0.25) is 0 Å². The zero-order valence-corrected chi connectivity index (χ0v) is 9.37. The second-order valence-corrected chi connectivity index (χ2v) is 4.37. The van der Waals surface area contributed by atoms with Crippen LogP contribution in [0.1, 0.15) is 17.5 Å². The molecule has 1 aliphatic rings. The van der Waals surface area contributed by atoms with E-state index in [1.54, 1.807) is 0 Å². The second kappa shape index (κ2) is 5.13. The molecule has 0 saturated heterocycles. The first-order chi connectivity index (χ1) is 7.34. The smallest absolute Gasteiger partial charge is 0.0135 e. The highest BCUT2D eigenvalue weighted by atomic mass is 14.9. The molecule has 1 heteroatoms. The zero-order chi connectivity index (χ0) is 10.5. The highest BCUT2D eigenvalue weighted by Crippen LogP contribution is 2.13. The summed E-state index contributed by atoms with van der Waals surface area (Å²) >= 11 is 0. The van der Waals surface area contributed by atoms with Crippen LogP contribution in [0.5, 0.6) is 0 Å². The van der Waals surface area contributed by atoms with E-state index < -0.39 is 0 Å². The van der Waals surface area contributed by atoms with Gasteiger partial charge in [0.25, 0.3) is 0 Å². The highest BCUT2D eigenvalue weighted by molar-refractivity contribution is 5.21. The molecule has 0 spiro atoms. The summed E-state index contributed by atoms with van der Waals surface area (Å²) in [6, 6.07) is 8.89. The van der Waals surface area contributed by atoms with Gasteiger partial charge in [-0.1, -0.05) is 42.0 Å². The van der Waals surface area contributed by atoms with Crippen LogP contribution in [-0.4, -0.2) is 13.1 Å². The Labute approximate surface area is 92.2 Å². The molecule has 1 atom stereocenters. The fourth-order valence-corrected chi connectivity index (χ4v) is 1.99. The molecule has 1 aromatic rings. The monoisotopic (exact) mass is 201 g/mol. The van der Waals surface area contributed by atoms with Crippen molar-refractivity contribution in [3.8, 4) is 0 Å². The van der Waals surface area contributed by atoms with Gasteiger partial charge in [0.05, 0.1) is 0 Å². The van der Waals surface area contributed by atoms with Crippen LogP contribution >= 0.6 is 0 Å². The molecule has 15 heavy (non-hydrogen) atoms. The first kappa shape index (κ1) is 10.4. The first-order valence-electron chi connectivity index (χ1n) is 5.77. The third kappa shape index (κ3) is 3.21.